The van der Waals surface area contributed by atoms with Crippen LogP contribution in [0.4, 0.5) is 14.5 Å². The lowest BCUT2D eigenvalue weighted by Crippen LogP contribution is -2.31. The van der Waals surface area contributed by atoms with Gasteiger partial charge in [0.15, 0.2) is 0 Å². The lowest BCUT2D eigenvalue weighted by molar-refractivity contribution is -0.387. The molecule has 2 N–H and O–H groups in total. The number of halogens is 2. The maximum Gasteiger partial charge on any atom is 0.305 e. The molecule has 0 aliphatic rings. The van der Waals surface area contributed by atoms with Crippen LogP contribution < -0.4 is 5.73 Å². The molecular formula is C9H10F2N2O2. The summed E-state index contributed by atoms with van der Waals surface area (Å²) in [5.74, 6) is -2.10. The van der Waals surface area contributed by atoms with Crippen molar-refractivity contribution >= 4 is 5.69 Å². The molecule has 6 heteroatoms. The summed E-state index contributed by atoms with van der Waals surface area (Å²) in [6.45, 7) is 2.75. The molecule has 82 valence electrons. The van der Waals surface area contributed by atoms with Gasteiger partial charge in [-0.05, 0) is 19.9 Å². The minimum absolute atomic E-state index is 0.475. The van der Waals surface area contributed by atoms with Crippen molar-refractivity contribution in [2.75, 3.05) is 0 Å². The quantitative estimate of drug-likeness (QED) is 0.607. The number of nitro benzene ring substituents is 1. The van der Waals surface area contributed by atoms with Crippen LogP contribution >= 0.6 is 0 Å². The van der Waals surface area contributed by atoms with Gasteiger partial charge in [0, 0.05) is 17.2 Å². The zero-order chi connectivity index (χ0) is 11.8. The molecule has 1 aromatic carbocycles. The Bertz CT molecular complexity index is 413. The van der Waals surface area contributed by atoms with Crippen LogP contribution in [-0.2, 0) is 5.54 Å². The Labute approximate surface area is 84.9 Å². The third-order valence-corrected chi connectivity index (χ3v) is 1.91. The van der Waals surface area contributed by atoms with E-state index in [1.807, 2.05) is 0 Å². The normalized spacial score (nSPS) is 11.5. The van der Waals surface area contributed by atoms with Crippen molar-refractivity contribution in [2.24, 2.45) is 5.73 Å². The highest BCUT2D eigenvalue weighted by Crippen LogP contribution is 2.29. The Morgan fingerprint density at radius 2 is 1.93 bits per heavy atom. The molecule has 0 aromatic heterocycles. The average molecular weight is 216 g/mol. The first-order chi connectivity index (χ1) is 6.75. The molecule has 0 saturated heterocycles. The van der Waals surface area contributed by atoms with Gasteiger partial charge in [0.1, 0.15) is 5.82 Å². The van der Waals surface area contributed by atoms with Crippen molar-refractivity contribution in [3.05, 3.63) is 39.4 Å². The molecular weight excluding hydrogens is 206 g/mol. The summed E-state index contributed by atoms with van der Waals surface area (Å²) in [5, 5.41) is 10.4. The van der Waals surface area contributed by atoms with Gasteiger partial charge in [-0.15, -0.1) is 0 Å². The number of rotatable bonds is 2. The average Bonchev–Trinajstić information content (AvgIpc) is 2.00. The van der Waals surface area contributed by atoms with E-state index in [4.69, 9.17) is 5.73 Å². The zero-order valence-corrected chi connectivity index (χ0v) is 8.25. The van der Waals surface area contributed by atoms with Gasteiger partial charge < -0.3 is 5.73 Å². The highest BCUT2D eigenvalue weighted by Gasteiger charge is 2.29. The van der Waals surface area contributed by atoms with Crippen LogP contribution in [0.2, 0.25) is 0 Å². The van der Waals surface area contributed by atoms with Crippen molar-refractivity contribution in [2.45, 2.75) is 19.4 Å². The smallest absolute Gasteiger partial charge is 0.305 e. The van der Waals surface area contributed by atoms with Crippen molar-refractivity contribution in [1.82, 2.24) is 0 Å². The topological polar surface area (TPSA) is 69.2 Å². The van der Waals surface area contributed by atoms with Gasteiger partial charge in [0.2, 0.25) is 5.82 Å². The van der Waals surface area contributed by atoms with Crippen LogP contribution in [-0.4, -0.2) is 4.92 Å². The first kappa shape index (κ1) is 11.5. The maximum atomic E-state index is 13.5. The van der Waals surface area contributed by atoms with E-state index in [0.29, 0.717) is 0 Å². The first-order valence-electron chi connectivity index (χ1n) is 4.17. The summed E-state index contributed by atoms with van der Waals surface area (Å²) in [4.78, 5) is 9.50. The summed E-state index contributed by atoms with van der Waals surface area (Å²) in [7, 11) is 0. The van der Waals surface area contributed by atoms with Crippen molar-refractivity contribution in [3.8, 4) is 0 Å². The van der Waals surface area contributed by atoms with E-state index in [2.05, 4.69) is 0 Å². The summed E-state index contributed by atoms with van der Waals surface area (Å²) in [5.41, 5.74) is 2.97. The zero-order valence-electron chi connectivity index (χ0n) is 8.25. The van der Waals surface area contributed by atoms with Gasteiger partial charge in [-0.2, -0.15) is 4.39 Å². The summed E-state index contributed by atoms with van der Waals surface area (Å²) in [6.07, 6.45) is 0. The fourth-order valence-electron chi connectivity index (χ4n) is 1.27. The Morgan fingerprint density at radius 1 is 1.40 bits per heavy atom. The van der Waals surface area contributed by atoms with E-state index in [0.717, 1.165) is 12.1 Å². The van der Waals surface area contributed by atoms with Crippen molar-refractivity contribution < 1.29 is 13.7 Å². The molecule has 0 radical (unpaired) electrons. The highest BCUT2D eigenvalue weighted by atomic mass is 19.1. The predicted octanol–water partition coefficient (Wildman–Crippen LogP) is 2.07. The number of nitro groups is 1. The molecule has 0 fully saturated rings. The molecule has 4 nitrogen and oxygen atoms in total. The number of hydrogen-bond acceptors (Lipinski definition) is 3. The van der Waals surface area contributed by atoms with Crippen LogP contribution in [0.15, 0.2) is 12.1 Å². The molecule has 15 heavy (non-hydrogen) atoms. The second-order valence-corrected chi connectivity index (χ2v) is 3.73. The third kappa shape index (κ3) is 2.10. The predicted molar refractivity (Wildman–Crippen MR) is 50.2 cm³/mol. The molecule has 0 spiro atoms. The van der Waals surface area contributed by atoms with E-state index in [-0.39, 0.29) is 0 Å². The van der Waals surface area contributed by atoms with E-state index < -0.39 is 33.3 Å². The SMILES string of the molecule is CC(C)(N)c1c(F)ccc([N+](=O)[O-])c1F. The fraction of sp³-hybridized carbons (Fsp3) is 0.333. The van der Waals surface area contributed by atoms with E-state index in [1.165, 1.54) is 13.8 Å². The largest absolute Gasteiger partial charge is 0.322 e. The van der Waals surface area contributed by atoms with Gasteiger partial charge in [-0.25, -0.2) is 4.39 Å². The van der Waals surface area contributed by atoms with Gasteiger partial charge in [-0.3, -0.25) is 10.1 Å². The summed E-state index contributed by atoms with van der Waals surface area (Å²) >= 11 is 0. The monoisotopic (exact) mass is 216 g/mol. The van der Waals surface area contributed by atoms with E-state index in [1.54, 1.807) is 0 Å². The van der Waals surface area contributed by atoms with Gasteiger partial charge in [-0.1, -0.05) is 0 Å². The Morgan fingerprint density at radius 3 is 2.33 bits per heavy atom. The molecule has 0 heterocycles. The summed E-state index contributed by atoms with van der Waals surface area (Å²) in [6, 6.07) is 1.62. The van der Waals surface area contributed by atoms with E-state index in [9.17, 15) is 18.9 Å². The Kier molecular flexibility index (Phi) is 2.72. The molecule has 0 unspecified atom stereocenters. The molecule has 0 aliphatic carbocycles. The Hall–Kier alpha value is -1.56. The van der Waals surface area contributed by atoms with Crippen LogP contribution in [0.1, 0.15) is 19.4 Å². The van der Waals surface area contributed by atoms with Gasteiger partial charge in [0.25, 0.3) is 0 Å². The number of nitrogens with zero attached hydrogens (tertiary/aromatic N) is 1. The fourth-order valence-corrected chi connectivity index (χ4v) is 1.27. The molecule has 0 atom stereocenters. The lowest BCUT2D eigenvalue weighted by atomic mass is 9.94. The second-order valence-electron chi connectivity index (χ2n) is 3.73. The van der Waals surface area contributed by atoms with Crippen molar-refractivity contribution in [3.63, 3.8) is 0 Å². The van der Waals surface area contributed by atoms with Crippen LogP contribution in [0.5, 0.6) is 0 Å². The second kappa shape index (κ2) is 3.54. The van der Waals surface area contributed by atoms with Crippen molar-refractivity contribution in [1.29, 1.82) is 0 Å². The summed E-state index contributed by atoms with van der Waals surface area (Å²) < 4.78 is 26.8. The van der Waals surface area contributed by atoms with Gasteiger partial charge in [0.05, 0.1) is 4.92 Å². The van der Waals surface area contributed by atoms with Gasteiger partial charge >= 0.3 is 5.69 Å². The molecule has 0 aliphatic heterocycles. The molecule has 0 bridgehead atoms. The molecule has 1 rings (SSSR count). The molecule has 0 saturated carbocycles. The lowest BCUT2D eigenvalue weighted by Gasteiger charge is -2.20. The third-order valence-electron chi connectivity index (χ3n) is 1.91. The number of benzene rings is 1. The molecule has 1 aromatic rings. The first-order valence-corrected chi connectivity index (χ1v) is 4.17. The minimum Gasteiger partial charge on any atom is -0.322 e. The highest BCUT2D eigenvalue weighted by molar-refractivity contribution is 5.40. The standard InChI is InChI=1S/C9H10F2N2O2/c1-9(2,12)7-5(10)3-4-6(8(7)11)13(14)15/h3-4H,12H2,1-2H3. The van der Waals surface area contributed by atoms with Crippen LogP contribution in [0, 0.1) is 21.7 Å². The van der Waals surface area contributed by atoms with E-state index >= 15 is 0 Å². The number of hydrogen-bond donors (Lipinski definition) is 1. The Balaban J connectivity index is 3.51. The number of nitrogens with two attached hydrogens (primary N) is 1. The maximum absolute atomic E-state index is 13.5. The minimum atomic E-state index is -1.31. The van der Waals surface area contributed by atoms with Crippen LogP contribution in [0.25, 0.3) is 0 Å². The van der Waals surface area contributed by atoms with Crippen LogP contribution in [0.3, 0.4) is 0 Å². The molecule has 0 amide bonds.